The van der Waals surface area contributed by atoms with Crippen LogP contribution in [-0.2, 0) is 9.59 Å². The van der Waals surface area contributed by atoms with Crippen molar-refractivity contribution in [3.8, 4) is 0 Å². The monoisotopic (exact) mass is 319 g/mol. The second-order valence-corrected chi connectivity index (χ2v) is 5.28. The van der Waals surface area contributed by atoms with Gasteiger partial charge in [-0.25, -0.2) is 9.37 Å². The van der Waals surface area contributed by atoms with Crippen LogP contribution in [0.2, 0.25) is 0 Å². The molecule has 0 aliphatic carbocycles. The highest BCUT2D eigenvalue weighted by Gasteiger charge is 2.07. The van der Waals surface area contributed by atoms with Gasteiger partial charge in [0.2, 0.25) is 11.8 Å². The zero-order chi connectivity index (χ0) is 15.8. The molecular weight excluding hydrogens is 305 g/mol. The van der Waals surface area contributed by atoms with Gasteiger partial charge < -0.3 is 10.6 Å². The molecule has 1 aromatic carbocycles. The molecule has 0 aliphatic heterocycles. The summed E-state index contributed by atoms with van der Waals surface area (Å²) in [4.78, 5) is 27.3. The first kappa shape index (κ1) is 16.0. The molecule has 2 aromatic rings. The van der Waals surface area contributed by atoms with E-state index >= 15 is 0 Å². The first-order valence-electron chi connectivity index (χ1n) is 6.49. The van der Waals surface area contributed by atoms with Gasteiger partial charge in [-0.15, -0.1) is 0 Å². The normalized spacial score (nSPS) is 10.0. The maximum absolute atomic E-state index is 12.7. The van der Waals surface area contributed by atoms with Crippen LogP contribution in [0.1, 0.15) is 0 Å². The summed E-state index contributed by atoms with van der Waals surface area (Å²) < 4.78 is 12.7. The van der Waals surface area contributed by atoms with Crippen LogP contribution in [0.25, 0.3) is 0 Å². The van der Waals surface area contributed by atoms with Crippen LogP contribution in [0, 0.1) is 5.82 Å². The molecule has 0 aliphatic rings. The zero-order valence-electron chi connectivity index (χ0n) is 11.6. The Hall–Kier alpha value is -2.41. The summed E-state index contributed by atoms with van der Waals surface area (Å²) in [5.74, 6) is -0.827. The molecule has 0 saturated heterocycles. The van der Waals surface area contributed by atoms with Crippen LogP contribution < -0.4 is 10.6 Å². The summed E-state index contributed by atoms with van der Waals surface area (Å²) in [7, 11) is 0. The number of carbonyl (C=O) groups is 2. The molecule has 0 fully saturated rings. The largest absolute Gasteiger partial charge is 0.346 e. The number of halogens is 1. The van der Waals surface area contributed by atoms with E-state index in [9.17, 15) is 14.0 Å². The molecule has 0 bridgehead atoms. The molecule has 2 rings (SSSR count). The lowest BCUT2D eigenvalue weighted by Crippen LogP contribution is -2.33. The second kappa shape index (κ2) is 8.14. The van der Waals surface area contributed by atoms with E-state index in [0.29, 0.717) is 5.69 Å². The molecule has 7 heteroatoms. The van der Waals surface area contributed by atoms with Crippen molar-refractivity contribution in [2.45, 2.75) is 5.03 Å². The second-order valence-electron chi connectivity index (χ2n) is 4.29. The summed E-state index contributed by atoms with van der Waals surface area (Å²) in [6, 6.07) is 10.8. The summed E-state index contributed by atoms with van der Waals surface area (Å²) in [6.45, 7) is -0.140. The average Bonchev–Trinajstić information content (AvgIpc) is 2.54. The third kappa shape index (κ3) is 5.53. The SMILES string of the molecule is O=C(CSc1ccccn1)NCC(=O)Nc1ccc(F)cc1. The number of anilines is 1. The van der Waals surface area contributed by atoms with Crippen LogP contribution in [-0.4, -0.2) is 29.1 Å². The number of pyridine rings is 1. The van der Waals surface area contributed by atoms with Gasteiger partial charge in [-0.3, -0.25) is 9.59 Å². The molecule has 22 heavy (non-hydrogen) atoms. The Kier molecular flexibility index (Phi) is 5.91. The fourth-order valence-corrected chi connectivity index (χ4v) is 2.23. The summed E-state index contributed by atoms with van der Waals surface area (Å²) in [6.07, 6.45) is 1.65. The van der Waals surface area contributed by atoms with Crippen molar-refractivity contribution in [1.29, 1.82) is 0 Å². The summed E-state index contributed by atoms with van der Waals surface area (Å²) >= 11 is 1.29. The Morgan fingerprint density at radius 2 is 1.86 bits per heavy atom. The summed E-state index contributed by atoms with van der Waals surface area (Å²) in [5, 5.41) is 5.81. The number of hydrogen-bond acceptors (Lipinski definition) is 4. The van der Waals surface area contributed by atoms with Gasteiger partial charge in [-0.2, -0.15) is 0 Å². The van der Waals surface area contributed by atoms with Gasteiger partial charge in [0.25, 0.3) is 0 Å². The Morgan fingerprint density at radius 1 is 1.09 bits per heavy atom. The van der Waals surface area contributed by atoms with Gasteiger partial charge in [0, 0.05) is 11.9 Å². The predicted molar refractivity (Wildman–Crippen MR) is 83.0 cm³/mol. The van der Waals surface area contributed by atoms with Crippen molar-refractivity contribution in [3.63, 3.8) is 0 Å². The molecule has 1 heterocycles. The minimum atomic E-state index is -0.377. The maximum Gasteiger partial charge on any atom is 0.243 e. The topological polar surface area (TPSA) is 71.1 Å². The van der Waals surface area contributed by atoms with Crippen LogP contribution in [0.15, 0.2) is 53.7 Å². The highest BCUT2D eigenvalue weighted by Crippen LogP contribution is 2.13. The average molecular weight is 319 g/mol. The number of thioether (sulfide) groups is 1. The first-order valence-corrected chi connectivity index (χ1v) is 7.48. The molecule has 0 atom stereocenters. The smallest absolute Gasteiger partial charge is 0.243 e. The van der Waals surface area contributed by atoms with Gasteiger partial charge >= 0.3 is 0 Å². The van der Waals surface area contributed by atoms with Crippen LogP contribution in [0.3, 0.4) is 0 Å². The Bertz CT molecular complexity index is 635. The minimum absolute atomic E-state index is 0.140. The van der Waals surface area contributed by atoms with E-state index in [1.807, 2.05) is 6.07 Å². The van der Waals surface area contributed by atoms with E-state index < -0.39 is 0 Å². The number of rotatable bonds is 6. The van der Waals surface area contributed by atoms with Crippen molar-refractivity contribution in [2.75, 3.05) is 17.6 Å². The lowest BCUT2D eigenvalue weighted by molar-refractivity contribution is -0.122. The van der Waals surface area contributed by atoms with Gasteiger partial charge in [-0.05, 0) is 36.4 Å². The lowest BCUT2D eigenvalue weighted by Gasteiger charge is -2.06. The quantitative estimate of drug-likeness (QED) is 0.800. The van der Waals surface area contributed by atoms with Crippen molar-refractivity contribution in [1.82, 2.24) is 10.3 Å². The molecule has 0 saturated carbocycles. The highest BCUT2D eigenvalue weighted by molar-refractivity contribution is 7.99. The number of hydrogen-bond donors (Lipinski definition) is 2. The lowest BCUT2D eigenvalue weighted by atomic mass is 10.3. The molecule has 0 radical (unpaired) electrons. The molecule has 2 amide bonds. The molecule has 5 nitrogen and oxygen atoms in total. The standard InChI is InChI=1S/C15H14FN3O2S/c16-11-4-6-12(7-5-11)19-13(20)9-18-14(21)10-22-15-3-1-2-8-17-15/h1-8H,9-10H2,(H,18,21)(H,19,20). The number of amides is 2. The zero-order valence-corrected chi connectivity index (χ0v) is 12.4. The molecule has 114 valence electrons. The first-order chi connectivity index (χ1) is 10.6. The van der Waals surface area contributed by atoms with Gasteiger partial charge in [0.05, 0.1) is 17.3 Å². The fraction of sp³-hybridized carbons (Fsp3) is 0.133. The number of nitrogens with zero attached hydrogens (tertiary/aromatic N) is 1. The van der Waals surface area contributed by atoms with Gasteiger partial charge in [-0.1, -0.05) is 17.8 Å². The number of nitrogens with one attached hydrogen (secondary N) is 2. The Balaban J connectivity index is 1.69. The van der Waals surface area contributed by atoms with E-state index in [4.69, 9.17) is 0 Å². The van der Waals surface area contributed by atoms with Crippen molar-refractivity contribution in [3.05, 3.63) is 54.5 Å². The van der Waals surface area contributed by atoms with E-state index in [-0.39, 0.29) is 29.9 Å². The van der Waals surface area contributed by atoms with Crippen molar-refractivity contribution >= 4 is 29.3 Å². The summed E-state index contributed by atoms with van der Waals surface area (Å²) in [5.41, 5.74) is 0.475. The van der Waals surface area contributed by atoms with Crippen LogP contribution in [0.4, 0.5) is 10.1 Å². The number of benzene rings is 1. The van der Waals surface area contributed by atoms with E-state index in [2.05, 4.69) is 15.6 Å². The highest BCUT2D eigenvalue weighted by atomic mass is 32.2. The van der Waals surface area contributed by atoms with Crippen LogP contribution in [0.5, 0.6) is 0 Å². The Morgan fingerprint density at radius 3 is 2.55 bits per heavy atom. The third-order valence-corrected chi connectivity index (χ3v) is 3.51. The Labute approximate surface area is 131 Å². The number of carbonyl (C=O) groups excluding carboxylic acids is 2. The van der Waals surface area contributed by atoms with E-state index in [1.54, 1.807) is 18.3 Å². The maximum atomic E-state index is 12.7. The van der Waals surface area contributed by atoms with E-state index in [0.717, 1.165) is 5.03 Å². The van der Waals surface area contributed by atoms with Crippen LogP contribution >= 0.6 is 11.8 Å². The van der Waals surface area contributed by atoms with Crippen molar-refractivity contribution < 1.29 is 14.0 Å². The van der Waals surface area contributed by atoms with E-state index in [1.165, 1.54) is 36.0 Å². The fourth-order valence-electron chi connectivity index (χ4n) is 1.54. The van der Waals surface area contributed by atoms with Crippen molar-refractivity contribution in [2.24, 2.45) is 0 Å². The van der Waals surface area contributed by atoms with Gasteiger partial charge in [0.1, 0.15) is 5.82 Å². The molecule has 0 spiro atoms. The third-order valence-electron chi connectivity index (χ3n) is 2.56. The number of aromatic nitrogens is 1. The predicted octanol–water partition coefficient (Wildman–Crippen LogP) is 2.07. The van der Waals surface area contributed by atoms with Gasteiger partial charge in [0.15, 0.2) is 0 Å². The minimum Gasteiger partial charge on any atom is -0.346 e. The molecular formula is C15H14FN3O2S. The molecule has 1 aromatic heterocycles. The molecule has 0 unspecified atom stereocenters. The molecule has 2 N–H and O–H groups in total.